The third-order valence-electron chi connectivity index (χ3n) is 5.90. The van der Waals surface area contributed by atoms with Gasteiger partial charge in [-0.1, -0.05) is 0 Å². The standard InChI is InChI=1S/C22H21FN2O7/c1-30-13-9-8-12(18(31-2)19(13)32-3)16-14-15(17(24-16)22(28)29)21(27)25(20(14)26)11-6-4-10(23)5-7-11/h4-9,14-17,24H,1-3H3,(H,28,29). The Kier molecular flexibility index (Phi) is 5.47. The highest BCUT2D eigenvalue weighted by atomic mass is 19.1. The van der Waals surface area contributed by atoms with Crippen molar-refractivity contribution in [3.63, 3.8) is 0 Å². The van der Waals surface area contributed by atoms with Gasteiger partial charge in [0.05, 0.1) is 38.9 Å². The predicted octanol–water partition coefficient (Wildman–Crippen LogP) is 1.75. The number of nitrogens with zero attached hydrogens (tertiary/aromatic N) is 1. The molecule has 2 N–H and O–H groups in total. The normalized spacial score (nSPS) is 24.4. The molecule has 0 aliphatic carbocycles. The second-order valence-electron chi connectivity index (χ2n) is 7.42. The fourth-order valence-electron chi connectivity index (χ4n) is 4.54. The quantitative estimate of drug-likeness (QED) is 0.648. The molecular formula is C22H21FN2O7. The van der Waals surface area contributed by atoms with Crippen molar-refractivity contribution in [1.29, 1.82) is 0 Å². The maximum absolute atomic E-state index is 13.4. The van der Waals surface area contributed by atoms with Crippen LogP contribution in [0.1, 0.15) is 11.6 Å². The minimum Gasteiger partial charge on any atom is -0.493 e. The number of carboxylic acid groups (broad SMARTS) is 1. The SMILES string of the molecule is COc1ccc(C2NC(C(=O)O)C3C(=O)N(c4ccc(F)cc4)C(=O)C23)c(OC)c1OC. The molecule has 4 atom stereocenters. The van der Waals surface area contributed by atoms with Crippen molar-refractivity contribution in [2.24, 2.45) is 11.8 Å². The van der Waals surface area contributed by atoms with Gasteiger partial charge in [-0.25, -0.2) is 9.29 Å². The molecular weight excluding hydrogens is 423 g/mol. The average molecular weight is 444 g/mol. The van der Waals surface area contributed by atoms with Crippen molar-refractivity contribution in [2.75, 3.05) is 26.2 Å². The Hall–Kier alpha value is -3.66. The number of amides is 2. The molecule has 2 aliphatic heterocycles. The molecule has 2 fully saturated rings. The molecule has 0 spiro atoms. The number of rotatable bonds is 6. The van der Waals surface area contributed by atoms with Gasteiger partial charge in [0, 0.05) is 11.6 Å². The highest BCUT2D eigenvalue weighted by molar-refractivity contribution is 6.23. The summed E-state index contributed by atoms with van der Waals surface area (Å²) in [5.74, 6) is -4.26. The van der Waals surface area contributed by atoms with Crippen LogP contribution in [0.25, 0.3) is 0 Å². The molecule has 4 unspecified atom stereocenters. The number of carbonyl (C=O) groups is 3. The summed E-state index contributed by atoms with van der Waals surface area (Å²) in [6, 6.07) is 5.97. The van der Waals surface area contributed by atoms with Crippen LogP contribution in [-0.4, -0.2) is 50.3 Å². The van der Waals surface area contributed by atoms with Gasteiger partial charge in [-0.2, -0.15) is 0 Å². The van der Waals surface area contributed by atoms with Crippen LogP contribution in [0.2, 0.25) is 0 Å². The zero-order valence-corrected chi connectivity index (χ0v) is 17.5. The molecule has 2 heterocycles. The zero-order chi connectivity index (χ0) is 23.2. The highest BCUT2D eigenvalue weighted by Crippen LogP contribution is 2.50. The number of halogens is 1. The van der Waals surface area contributed by atoms with Crippen LogP contribution in [0, 0.1) is 17.7 Å². The molecule has 0 bridgehead atoms. The van der Waals surface area contributed by atoms with Crippen molar-refractivity contribution in [1.82, 2.24) is 5.32 Å². The second-order valence-corrected chi connectivity index (χ2v) is 7.42. The van der Waals surface area contributed by atoms with E-state index in [9.17, 15) is 23.9 Å². The van der Waals surface area contributed by atoms with Gasteiger partial charge in [0.25, 0.3) is 0 Å². The smallest absolute Gasteiger partial charge is 0.321 e. The monoisotopic (exact) mass is 444 g/mol. The van der Waals surface area contributed by atoms with E-state index in [-0.39, 0.29) is 17.2 Å². The number of carboxylic acids is 1. The van der Waals surface area contributed by atoms with Gasteiger partial charge >= 0.3 is 5.97 Å². The number of benzene rings is 2. The average Bonchev–Trinajstić information content (AvgIpc) is 3.30. The van der Waals surface area contributed by atoms with Gasteiger partial charge in [0.1, 0.15) is 11.9 Å². The van der Waals surface area contributed by atoms with Crippen molar-refractivity contribution >= 4 is 23.5 Å². The third-order valence-corrected chi connectivity index (χ3v) is 5.90. The van der Waals surface area contributed by atoms with E-state index in [0.717, 1.165) is 17.0 Å². The van der Waals surface area contributed by atoms with E-state index in [0.29, 0.717) is 11.3 Å². The van der Waals surface area contributed by atoms with Gasteiger partial charge < -0.3 is 19.3 Å². The fourth-order valence-corrected chi connectivity index (χ4v) is 4.54. The summed E-state index contributed by atoms with van der Waals surface area (Å²) in [6.07, 6.45) is 0. The molecule has 0 radical (unpaired) electrons. The first-order chi connectivity index (χ1) is 15.3. The molecule has 2 aliphatic rings. The van der Waals surface area contributed by atoms with Crippen LogP contribution in [0.5, 0.6) is 17.2 Å². The first-order valence-electron chi connectivity index (χ1n) is 9.75. The number of nitrogens with one attached hydrogen (secondary N) is 1. The summed E-state index contributed by atoms with van der Waals surface area (Å²) in [5.41, 5.74) is 0.629. The number of ether oxygens (including phenoxy) is 3. The highest BCUT2D eigenvalue weighted by Gasteiger charge is 2.61. The van der Waals surface area contributed by atoms with Crippen molar-refractivity contribution in [3.8, 4) is 17.2 Å². The van der Waals surface area contributed by atoms with Crippen LogP contribution in [0.15, 0.2) is 36.4 Å². The van der Waals surface area contributed by atoms with Crippen molar-refractivity contribution in [2.45, 2.75) is 12.1 Å². The maximum atomic E-state index is 13.4. The Labute approximate surface area is 182 Å². The largest absolute Gasteiger partial charge is 0.493 e. The number of hydrogen-bond donors (Lipinski definition) is 2. The Morgan fingerprint density at radius 1 is 0.938 bits per heavy atom. The molecule has 2 aromatic carbocycles. The summed E-state index contributed by atoms with van der Waals surface area (Å²) in [5, 5.41) is 12.7. The number of methoxy groups -OCH3 is 3. The third kappa shape index (κ3) is 3.14. The van der Waals surface area contributed by atoms with E-state index in [1.807, 2.05) is 0 Å². The molecule has 2 saturated heterocycles. The van der Waals surface area contributed by atoms with E-state index in [4.69, 9.17) is 14.2 Å². The van der Waals surface area contributed by atoms with E-state index in [1.54, 1.807) is 12.1 Å². The Balaban J connectivity index is 1.82. The molecule has 2 amide bonds. The lowest BCUT2D eigenvalue weighted by molar-refractivity contribution is -0.142. The minimum absolute atomic E-state index is 0.179. The number of aliphatic carboxylic acids is 1. The Morgan fingerprint density at radius 2 is 1.56 bits per heavy atom. The summed E-state index contributed by atoms with van der Waals surface area (Å²) >= 11 is 0. The van der Waals surface area contributed by atoms with Crippen molar-refractivity contribution < 1.29 is 38.1 Å². The second kappa shape index (κ2) is 8.12. The molecule has 10 heteroatoms. The number of carbonyl (C=O) groups excluding carboxylic acids is 2. The van der Waals surface area contributed by atoms with Gasteiger partial charge in [0.15, 0.2) is 11.5 Å². The van der Waals surface area contributed by atoms with Gasteiger partial charge in [-0.05, 0) is 36.4 Å². The first-order valence-corrected chi connectivity index (χ1v) is 9.75. The van der Waals surface area contributed by atoms with Crippen LogP contribution < -0.4 is 24.4 Å². The topological polar surface area (TPSA) is 114 Å². The van der Waals surface area contributed by atoms with Gasteiger partial charge in [-0.15, -0.1) is 0 Å². The Bertz CT molecular complexity index is 1090. The Morgan fingerprint density at radius 3 is 2.12 bits per heavy atom. The van der Waals surface area contributed by atoms with Crippen LogP contribution in [0.4, 0.5) is 10.1 Å². The molecule has 0 aromatic heterocycles. The molecule has 2 aromatic rings. The van der Waals surface area contributed by atoms with E-state index in [1.165, 1.54) is 33.5 Å². The van der Waals surface area contributed by atoms with Crippen molar-refractivity contribution in [3.05, 3.63) is 47.8 Å². The van der Waals surface area contributed by atoms with E-state index >= 15 is 0 Å². The zero-order valence-electron chi connectivity index (χ0n) is 17.5. The molecule has 32 heavy (non-hydrogen) atoms. The molecule has 168 valence electrons. The van der Waals surface area contributed by atoms with E-state index < -0.39 is 47.5 Å². The molecule has 9 nitrogen and oxygen atoms in total. The van der Waals surface area contributed by atoms with Gasteiger partial charge in [-0.3, -0.25) is 19.7 Å². The minimum atomic E-state index is -1.30. The van der Waals surface area contributed by atoms with Crippen LogP contribution >= 0.6 is 0 Å². The summed E-state index contributed by atoms with van der Waals surface area (Å²) < 4.78 is 29.6. The van der Waals surface area contributed by atoms with Gasteiger partial charge in [0.2, 0.25) is 17.6 Å². The van der Waals surface area contributed by atoms with Crippen LogP contribution in [-0.2, 0) is 14.4 Å². The number of fused-ring (bicyclic) bond motifs is 1. The number of imide groups is 1. The molecule has 0 saturated carbocycles. The fraction of sp³-hybridized carbons (Fsp3) is 0.318. The number of anilines is 1. The number of hydrogen-bond acceptors (Lipinski definition) is 7. The maximum Gasteiger partial charge on any atom is 0.321 e. The molecule has 4 rings (SSSR count). The predicted molar refractivity (Wildman–Crippen MR) is 109 cm³/mol. The lowest BCUT2D eigenvalue weighted by Crippen LogP contribution is -2.43. The van der Waals surface area contributed by atoms with E-state index in [2.05, 4.69) is 5.32 Å². The van der Waals surface area contributed by atoms with Crippen LogP contribution in [0.3, 0.4) is 0 Å². The first kappa shape index (κ1) is 21.6. The summed E-state index contributed by atoms with van der Waals surface area (Å²) in [7, 11) is 4.30. The summed E-state index contributed by atoms with van der Waals surface area (Å²) in [4.78, 5) is 39.5. The lowest BCUT2D eigenvalue weighted by atomic mass is 9.86. The summed E-state index contributed by atoms with van der Waals surface area (Å²) in [6.45, 7) is 0. The lowest BCUT2D eigenvalue weighted by Gasteiger charge is -2.24.